The molecule has 4 aromatic rings. The van der Waals surface area contributed by atoms with Crippen LogP contribution in [-0.2, 0) is 12.3 Å². The van der Waals surface area contributed by atoms with Gasteiger partial charge >= 0.3 is 0 Å². The maximum absolute atomic E-state index is 4.65. The summed E-state index contributed by atoms with van der Waals surface area (Å²) in [6.45, 7) is 0.750. The van der Waals surface area contributed by atoms with Crippen molar-refractivity contribution in [2.24, 2.45) is 0 Å². The Bertz CT molecular complexity index is 953. The van der Waals surface area contributed by atoms with Crippen molar-refractivity contribution in [1.29, 1.82) is 0 Å². The molecule has 0 unspecified atom stereocenters. The van der Waals surface area contributed by atoms with E-state index in [1.807, 2.05) is 36.4 Å². The van der Waals surface area contributed by atoms with Gasteiger partial charge in [-0.1, -0.05) is 59.5 Å². The summed E-state index contributed by atoms with van der Waals surface area (Å²) in [5.41, 5.74) is 3.17. The molecule has 0 radical (unpaired) electrons. The van der Waals surface area contributed by atoms with Crippen molar-refractivity contribution in [1.82, 2.24) is 20.2 Å². The van der Waals surface area contributed by atoms with Crippen LogP contribution in [0, 0.1) is 0 Å². The van der Waals surface area contributed by atoms with Gasteiger partial charge in [-0.15, -0.1) is 21.5 Å². The Hall–Kier alpha value is -2.29. The molecule has 0 amide bonds. The van der Waals surface area contributed by atoms with Crippen molar-refractivity contribution in [2.45, 2.75) is 16.6 Å². The fourth-order valence-electron chi connectivity index (χ4n) is 2.23. The molecule has 0 bridgehead atoms. The van der Waals surface area contributed by atoms with Crippen LogP contribution in [-0.4, -0.2) is 20.2 Å². The number of aromatic nitrogens is 4. The third-order valence-electron chi connectivity index (χ3n) is 3.47. The fourth-order valence-corrected chi connectivity index (χ4v) is 4.77. The van der Waals surface area contributed by atoms with Crippen LogP contribution in [0.25, 0.3) is 10.7 Å². The molecule has 0 aliphatic heterocycles. The molecule has 0 fully saturated rings. The number of hydrogen-bond acceptors (Lipinski definition) is 8. The molecule has 4 rings (SSSR count). The highest BCUT2D eigenvalue weighted by atomic mass is 32.2. The van der Waals surface area contributed by atoms with Crippen LogP contribution in [0.4, 0.5) is 5.13 Å². The molecule has 1 N–H and O–H groups in total. The lowest BCUT2D eigenvalue weighted by atomic mass is 10.2. The van der Waals surface area contributed by atoms with E-state index in [1.54, 1.807) is 40.6 Å². The molecule has 0 saturated carbocycles. The van der Waals surface area contributed by atoms with E-state index in [4.69, 9.17) is 0 Å². The molecule has 5 nitrogen and oxygen atoms in total. The van der Waals surface area contributed by atoms with Gasteiger partial charge in [0, 0.05) is 23.9 Å². The number of benzene rings is 1. The van der Waals surface area contributed by atoms with E-state index in [9.17, 15) is 0 Å². The van der Waals surface area contributed by atoms with Crippen LogP contribution in [0.1, 0.15) is 11.3 Å². The summed E-state index contributed by atoms with van der Waals surface area (Å²) >= 11 is 4.84. The number of rotatable bonds is 7. The second-order valence-corrected chi connectivity index (χ2v) is 8.42. The number of nitrogens with one attached hydrogen (secondary N) is 1. The maximum atomic E-state index is 4.65. The summed E-state index contributed by atoms with van der Waals surface area (Å²) in [7, 11) is 0. The molecular formula is C18H15N5S3. The van der Waals surface area contributed by atoms with E-state index >= 15 is 0 Å². The maximum Gasteiger partial charge on any atom is 0.206 e. The summed E-state index contributed by atoms with van der Waals surface area (Å²) in [6.07, 6.45) is 1.79. The van der Waals surface area contributed by atoms with E-state index in [1.165, 1.54) is 5.56 Å². The SMILES string of the molecule is c1ccc(CNc2nnc(SCc3csc(-c4ccccn4)n3)s2)cc1. The average Bonchev–Trinajstić information content (AvgIpc) is 3.36. The lowest BCUT2D eigenvalue weighted by Crippen LogP contribution is -1.98. The molecule has 26 heavy (non-hydrogen) atoms. The molecular weight excluding hydrogens is 382 g/mol. The first kappa shape index (κ1) is 17.1. The molecule has 8 heteroatoms. The van der Waals surface area contributed by atoms with Crippen LogP contribution in [0.3, 0.4) is 0 Å². The molecule has 0 spiro atoms. The van der Waals surface area contributed by atoms with E-state index in [0.717, 1.165) is 38.2 Å². The predicted octanol–water partition coefficient (Wildman–Crippen LogP) is 4.96. The van der Waals surface area contributed by atoms with Gasteiger partial charge in [0.05, 0.1) is 11.4 Å². The van der Waals surface area contributed by atoms with Gasteiger partial charge < -0.3 is 5.32 Å². The lowest BCUT2D eigenvalue weighted by Gasteiger charge is -2.00. The highest BCUT2D eigenvalue weighted by molar-refractivity contribution is 8.00. The lowest BCUT2D eigenvalue weighted by molar-refractivity contribution is 0.994. The van der Waals surface area contributed by atoms with Crippen molar-refractivity contribution in [3.05, 3.63) is 71.4 Å². The van der Waals surface area contributed by atoms with Crippen LogP contribution < -0.4 is 5.32 Å². The minimum Gasteiger partial charge on any atom is -0.356 e. The second-order valence-electron chi connectivity index (χ2n) is 5.36. The number of anilines is 1. The summed E-state index contributed by atoms with van der Waals surface area (Å²) in [6, 6.07) is 16.1. The zero-order valence-corrected chi connectivity index (χ0v) is 16.2. The van der Waals surface area contributed by atoms with Crippen LogP contribution in [0.15, 0.2) is 64.4 Å². The second kappa shape index (κ2) is 8.39. The number of pyridine rings is 1. The Balaban J connectivity index is 1.31. The smallest absolute Gasteiger partial charge is 0.206 e. The van der Waals surface area contributed by atoms with Gasteiger partial charge in [-0.25, -0.2) is 4.98 Å². The Morgan fingerprint density at radius 1 is 1.00 bits per heavy atom. The number of hydrogen-bond donors (Lipinski definition) is 1. The van der Waals surface area contributed by atoms with E-state index in [2.05, 4.69) is 43.0 Å². The minimum absolute atomic E-state index is 0.750. The summed E-state index contributed by atoms with van der Waals surface area (Å²) in [5, 5.41) is 15.6. The van der Waals surface area contributed by atoms with Gasteiger partial charge in [0.15, 0.2) is 4.34 Å². The molecule has 0 atom stereocenters. The van der Waals surface area contributed by atoms with E-state index < -0.39 is 0 Å². The van der Waals surface area contributed by atoms with Crippen molar-refractivity contribution < 1.29 is 0 Å². The first-order valence-corrected chi connectivity index (χ1v) is 10.6. The standard InChI is InChI=1S/C18H15N5S3/c1-2-6-13(7-3-1)10-20-17-22-23-18(26-17)25-12-14-11-24-16(21-14)15-8-4-5-9-19-15/h1-9,11H,10,12H2,(H,20,22). The first-order valence-electron chi connectivity index (χ1n) is 7.97. The molecule has 0 aliphatic carbocycles. The van der Waals surface area contributed by atoms with Gasteiger partial charge in [0.2, 0.25) is 5.13 Å². The van der Waals surface area contributed by atoms with Gasteiger partial charge in [-0.3, -0.25) is 4.98 Å². The zero-order valence-electron chi connectivity index (χ0n) is 13.7. The molecule has 3 heterocycles. The van der Waals surface area contributed by atoms with Gasteiger partial charge in [0.1, 0.15) is 5.01 Å². The van der Waals surface area contributed by atoms with Crippen LogP contribution in [0.2, 0.25) is 0 Å². The Labute approximate surface area is 163 Å². The highest BCUT2D eigenvalue weighted by Crippen LogP contribution is 2.30. The number of thiazole rings is 1. The molecule has 3 aromatic heterocycles. The monoisotopic (exact) mass is 397 g/mol. The molecule has 130 valence electrons. The molecule has 0 saturated heterocycles. The summed E-state index contributed by atoms with van der Waals surface area (Å²) in [5.74, 6) is 0.774. The van der Waals surface area contributed by atoms with Crippen LogP contribution in [0.5, 0.6) is 0 Å². The van der Waals surface area contributed by atoms with Gasteiger partial charge in [-0.05, 0) is 17.7 Å². The topological polar surface area (TPSA) is 63.6 Å². The molecule has 1 aromatic carbocycles. The fraction of sp³-hybridized carbons (Fsp3) is 0.111. The molecule has 0 aliphatic rings. The van der Waals surface area contributed by atoms with Crippen molar-refractivity contribution in [3.8, 4) is 10.7 Å². The van der Waals surface area contributed by atoms with E-state index in [-0.39, 0.29) is 0 Å². The Kier molecular flexibility index (Phi) is 5.53. The Morgan fingerprint density at radius 3 is 2.73 bits per heavy atom. The predicted molar refractivity (Wildman–Crippen MR) is 109 cm³/mol. The average molecular weight is 398 g/mol. The van der Waals surface area contributed by atoms with Crippen molar-refractivity contribution in [2.75, 3.05) is 5.32 Å². The van der Waals surface area contributed by atoms with Gasteiger partial charge in [-0.2, -0.15) is 0 Å². The zero-order chi connectivity index (χ0) is 17.6. The number of nitrogens with zero attached hydrogens (tertiary/aromatic N) is 4. The summed E-state index contributed by atoms with van der Waals surface area (Å²) < 4.78 is 0.938. The number of thioether (sulfide) groups is 1. The first-order chi connectivity index (χ1) is 12.9. The van der Waals surface area contributed by atoms with Crippen LogP contribution >= 0.6 is 34.4 Å². The Morgan fingerprint density at radius 2 is 1.88 bits per heavy atom. The van der Waals surface area contributed by atoms with Crippen molar-refractivity contribution >= 4 is 39.6 Å². The normalized spacial score (nSPS) is 10.8. The van der Waals surface area contributed by atoms with Gasteiger partial charge in [0.25, 0.3) is 0 Å². The van der Waals surface area contributed by atoms with Crippen molar-refractivity contribution in [3.63, 3.8) is 0 Å². The summed E-state index contributed by atoms with van der Waals surface area (Å²) in [4.78, 5) is 9.00. The third-order valence-corrected chi connectivity index (χ3v) is 6.43. The quantitative estimate of drug-likeness (QED) is 0.445. The van der Waals surface area contributed by atoms with E-state index in [0.29, 0.717) is 0 Å². The highest BCUT2D eigenvalue weighted by Gasteiger charge is 2.09. The largest absolute Gasteiger partial charge is 0.356 e. The third kappa shape index (κ3) is 4.46. The minimum atomic E-state index is 0.750.